The number of carbonyl (C=O) groups is 2. The van der Waals surface area contributed by atoms with Crippen LogP contribution >= 0.6 is 0 Å². The molecule has 0 spiro atoms. The predicted molar refractivity (Wildman–Crippen MR) is 88.4 cm³/mol. The van der Waals surface area contributed by atoms with Gasteiger partial charge < -0.3 is 5.32 Å². The monoisotopic (exact) mass is 308 g/mol. The zero-order chi connectivity index (χ0) is 16.2. The predicted octanol–water partition coefficient (Wildman–Crippen LogP) is 2.41. The van der Waals surface area contributed by atoms with Crippen molar-refractivity contribution in [2.75, 3.05) is 0 Å². The molecule has 1 aliphatic rings. The number of nitrogens with one attached hydrogen (secondary N) is 1. The molecule has 1 aliphatic heterocycles. The van der Waals surface area contributed by atoms with Crippen molar-refractivity contribution in [3.05, 3.63) is 71.3 Å². The highest BCUT2D eigenvalue weighted by molar-refractivity contribution is 6.05. The Labute approximate surface area is 136 Å². The molecule has 0 radical (unpaired) electrons. The first kappa shape index (κ1) is 15.4. The van der Waals surface area contributed by atoms with Gasteiger partial charge >= 0.3 is 0 Å². The van der Waals surface area contributed by atoms with Crippen LogP contribution in [0.15, 0.2) is 54.6 Å². The first-order valence-corrected chi connectivity index (χ1v) is 7.80. The van der Waals surface area contributed by atoms with Crippen LogP contribution in [0, 0.1) is 6.92 Å². The lowest BCUT2D eigenvalue weighted by atomic mass is 10.1. The normalized spacial score (nSPS) is 17.8. The minimum absolute atomic E-state index is 0.111. The molecule has 1 N–H and O–H groups in total. The van der Waals surface area contributed by atoms with Crippen LogP contribution in [0.25, 0.3) is 0 Å². The molecule has 0 unspecified atom stereocenters. The van der Waals surface area contributed by atoms with Crippen LogP contribution in [0.5, 0.6) is 0 Å². The van der Waals surface area contributed by atoms with Crippen LogP contribution in [0.3, 0.4) is 0 Å². The standard InChI is InChI=1S/C19H20N2O2/c1-14-6-5-9-16(10-14)12-20-17-11-18(22)21(19(17)23)13-15-7-3-2-4-8-15/h2-10,17,20H,11-13H2,1H3/t17-/m1/s1. The Bertz CT molecular complexity index is 712. The van der Waals surface area contributed by atoms with Crippen molar-refractivity contribution in [2.45, 2.75) is 32.5 Å². The second-order valence-electron chi connectivity index (χ2n) is 5.93. The Balaban J connectivity index is 1.62. The average molecular weight is 308 g/mol. The molecule has 23 heavy (non-hydrogen) atoms. The molecular weight excluding hydrogens is 288 g/mol. The topological polar surface area (TPSA) is 49.4 Å². The van der Waals surface area contributed by atoms with Gasteiger partial charge in [-0.25, -0.2) is 0 Å². The molecule has 2 aromatic carbocycles. The summed E-state index contributed by atoms with van der Waals surface area (Å²) < 4.78 is 0. The van der Waals surface area contributed by atoms with Crippen LogP contribution < -0.4 is 5.32 Å². The second-order valence-corrected chi connectivity index (χ2v) is 5.93. The van der Waals surface area contributed by atoms with Gasteiger partial charge in [-0.1, -0.05) is 60.2 Å². The molecule has 1 saturated heterocycles. The van der Waals surface area contributed by atoms with E-state index in [1.165, 1.54) is 10.5 Å². The maximum absolute atomic E-state index is 12.5. The van der Waals surface area contributed by atoms with Gasteiger partial charge in [0.2, 0.25) is 11.8 Å². The Morgan fingerprint density at radius 3 is 2.52 bits per heavy atom. The van der Waals surface area contributed by atoms with Crippen molar-refractivity contribution < 1.29 is 9.59 Å². The maximum Gasteiger partial charge on any atom is 0.247 e. The minimum atomic E-state index is -0.424. The number of likely N-dealkylation sites (tertiary alicyclic amines) is 1. The quantitative estimate of drug-likeness (QED) is 0.863. The summed E-state index contributed by atoms with van der Waals surface area (Å²) in [5, 5.41) is 3.21. The van der Waals surface area contributed by atoms with Gasteiger partial charge in [0.25, 0.3) is 0 Å². The van der Waals surface area contributed by atoms with Crippen LogP contribution in [0.2, 0.25) is 0 Å². The Hall–Kier alpha value is -2.46. The van der Waals surface area contributed by atoms with E-state index in [-0.39, 0.29) is 18.2 Å². The van der Waals surface area contributed by atoms with Crippen LogP contribution in [-0.2, 0) is 22.7 Å². The first-order valence-electron chi connectivity index (χ1n) is 7.80. The summed E-state index contributed by atoms with van der Waals surface area (Å²) in [7, 11) is 0. The molecule has 0 bridgehead atoms. The third-order valence-corrected chi connectivity index (χ3v) is 4.06. The van der Waals surface area contributed by atoms with Crippen LogP contribution in [0.1, 0.15) is 23.1 Å². The largest absolute Gasteiger partial charge is 0.301 e. The van der Waals surface area contributed by atoms with Crippen molar-refractivity contribution in [1.29, 1.82) is 0 Å². The summed E-state index contributed by atoms with van der Waals surface area (Å²) in [6.07, 6.45) is 0.234. The van der Waals surface area contributed by atoms with E-state index in [1.54, 1.807) is 0 Å². The highest BCUT2D eigenvalue weighted by Crippen LogP contribution is 2.17. The van der Waals surface area contributed by atoms with E-state index >= 15 is 0 Å². The third kappa shape index (κ3) is 3.66. The SMILES string of the molecule is Cc1cccc(CN[C@@H]2CC(=O)N(Cc3ccccc3)C2=O)c1. The summed E-state index contributed by atoms with van der Waals surface area (Å²) in [5.41, 5.74) is 3.27. The number of nitrogens with zero attached hydrogens (tertiary/aromatic N) is 1. The van der Waals surface area contributed by atoms with E-state index in [1.807, 2.05) is 55.5 Å². The van der Waals surface area contributed by atoms with Crippen molar-refractivity contribution in [3.63, 3.8) is 0 Å². The fourth-order valence-corrected chi connectivity index (χ4v) is 2.84. The number of carbonyl (C=O) groups excluding carboxylic acids is 2. The van der Waals surface area contributed by atoms with Gasteiger partial charge in [-0.3, -0.25) is 14.5 Å². The van der Waals surface area contributed by atoms with E-state index in [4.69, 9.17) is 0 Å². The lowest BCUT2D eigenvalue weighted by molar-refractivity contribution is -0.139. The molecule has 2 amide bonds. The Kier molecular flexibility index (Phi) is 4.53. The summed E-state index contributed by atoms with van der Waals surface area (Å²) in [5.74, 6) is -0.243. The number of benzene rings is 2. The number of aryl methyl sites for hydroxylation is 1. The molecule has 3 rings (SSSR count). The first-order chi connectivity index (χ1) is 11.1. The molecule has 118 valence electrons. The summed E-state index contributed by atoms with van der Waals surface area (Å²) in [6, 6.07) is 17.3. The highest BCUT2D eigenvalue weighted by Gasteiger charge is 2.37. The van der Waals surface area contributed by atoms with E-state index in [2.05, 4.69) is 11.4 Å². The molecular formula is C19H20N2O2. The minimum Gasteiger partial charge on any atom is -0.301 e. The fourth-order valence-electron chi connectivity index (χ4n) is 2.84. The summed E-state index contributed by atoms with van der Waals surface area (Å²) >= 11 is 0. The number of imide groups is 1. The smallest absolute Gasteiger partial charge is 0.247 e. The third-order valence-electron chi connectivity index (χ3n) is 4.06. The number of rotatable bonds is 5. The van der Waals surface area contributed by atoms with Crippen molar-refractivity contribution in [3.8, 4) is 0 Å². The highest BCUT2D eigenvalue weighted by atomic mass is 16.2. The van der Waals surface area contributed by atoms with E-state index in [0.29, 0.717) is 13.1 Å². The number of hydrogen-bond acceptors (Lipinski definition) is 3. The van der Waals surface area contributed by atoms with Gasteiger partial charge in [0.1, 0.15) is 0 Å². The molecule has 1 atom stereocenters. The van der Waals surface area contributed by atoms with Gasteiger partial charge in [-0.15, -0.1) is 0 Å². The molecule has 1 fully saturated rings. The van der Waals surface area contributed by atoms with Crippen molar-refractivity contribution in [1.82, 2.24) is 10.2 Å². The maximum atomic E-state index is 12.5. The second kappa shape index (κ2) is 6.75. The Morgan fingerprint density at radius 2 is 1.78 bits per heavy atom. The molecule has 0 aromatic heterocycles. The average Bonchev–Trinajstić information content (AvgIpc) is 2.82. The Morgan fingerprint density at radius 1 is 1.04 bits per heavy atom. The number of amides is 2. The van der Waals surface area contributed by atoms with Gasteiger partial charge in [0.15, 0.2) is 0 Å². The van der Waals surface area contributed by atoms with E-state index in [9.17, 15) is 9.59 Å². The van der Waals surface area contributed by atoms with Crippen LogP contribution in [-0.4, -0.2) is 22.8 Å². The van der Waals surface area contributed by atoms with Gasteiger partial charge in [0.05, 0.1) is 19.0 Å². The van der Waals surface area contributed by atoms with E-state index < -0.39 is 6.04 Å². The summed E-state index contributed by atoms with van der Waals surface area (Å²) in [4.78, 5) is 25.9. The van der Waals surface area contributed by atoms with Crippen molar-refractivity contribution >= 4 is 11.8 Å². The molecule has 0 saturated carbocycles. The fraction of sp³-hybridized carbons (Fsp3) is 0.263. The summed E-state index contributed by atoms with van der Waals surface area (Å²) in [6.45, 7) is 2.97. The number of hydrogen-bond donors (Lipinski definition) is 1. The molecule has 0 aliphatic carbocycles. The molecule has 2 aromatic rings. The van der Waals surface area contributed by atoms with Crippen LogP contribution in [0.4, 0.5) is 0 Å². The molecule has 4 nitrogen and oxygen atoms in total. The molecule has 1 heterocycles. The lowest BCUT2D eigenvalue weighted by Crippen LogP contribution is -2.38. The van der Waals surface area contributed by atoms with Gasteiger partial charge in [0, 0.05) is 6.54 Å². The zero-order valence-electron chi connectivity index (χ0n) is 13.2. The van der Waals surface area contributed by atoms with Gasteiger partial charge in [-0.05, 0) is 18.1 Å². The zero-order valence-corrected chi connectivity index (χ0v) is 13.2. The van der Waals surface area contributed by atoms with Gasteiger partial charge in [-0.2, -0.15) is 0 Å². The van der Waals surface area contributed by atoms with Crippen molar-refractivity contribution in [2.24, 2.45) is 0 Å². The van der Waals surface area contributed by atoms with E-state index in [0.717, 1.165) is 11.1 Å². The molecule has 4 heteroatoms. The lowest BCUT2D eigenvalue weighted by Gasteiger charge is -2.15.